The van der Waals surface area contributed by atoms with Crippen molar-refractivity contribution in [1.82, 2.24) is 0 Å². The van der Waals surface area contributed by atoms with Crippen LogP contribution < -0.4 is 4.74 Å². The fourth-order valence-corrected chi connectivity index (χ4v) is 4.89. The van der Waals surface area contributed by atoms with Gasteiger partial charge < -0.3 is 4.74 Å². The third-order valence-electron chi connectivity index (χ3n) is 5.78. The number of halogens is 2. The van der Waals surface area contributed by atoms with Gasteiger partial charge in [0.05, 0.1) is 7.11 Å². The molecule has 0 saturated heterocycles. The maximum absolute atomic E-state index is 13.3. The molecule has 2 aliphatic rings. The van der Waals surface area contributed by atoms with Crippen LogP contribution in [0, 0.1) is 5.41 Å². The number of benzene rings is 2. The molecule has 0 radical (unpaired) electrons. The van der Waals surface area contributed by atoms with Crippen molar-refractivity contribution in [2.45, 2.75) is 37.4 Å². The summed E-state index contributed by atoms with van der Waals surface area (Å²) in [6, 6.07) is 10.1. The van der Waals surface area contributed by atoms with Gasteiger partial charge in [-0.2, -0.15) is 0 Å². The van der Waals surface area contributed by atoms with Crippen LogP contribution in [0.4, 0.5) is 0 Å². The molecule has 2 aromatic rings. The zero-order valence-corrected chi connectivity index (χ0v) is 15.7. The summed E-state index contributed by atoms with van der Waals surface area (Å²) in [5.41, 5.74) is 6.34. The van der Waals surface area contributed by atoms with Gasteiger partial charge in [-0.15, -0.1) is 23.2 Å². The Hall–Kier alpha value is -1.51. The number of carbonyl (C=O) groups excluding carboxylic acids is 1. The second-order valence-corrected chi connectivity index (χ2v) is 7.68. The molecule has 0 bridgehead atoms. The third-order valence-corrected chi connectivity index (χ3v) is 6.35. The maximum atomic E-state index is 13.3. The lowest BCUT2D eigenvalue weighted by molar-refractivity contribution is 0.0771. The fraction of sp³-hybridized carbons (Fsp3) is 0.381. The monoisotopic (exact) mass is 374 g/mol. The van der Waals surface area contributed by atoms with Crippen LogP contribution in [0.2, 0.25) is 0 Å². The number of Topliss-reactive ketones (excluding diaryl/α,β-unsaturated/α-hetero) is 1. The molecule has 2 nitrogen and oxygen atoms in total. The number of ether oxygens (including phenoxy) is 1. The van der Waals surface area contributed by atoms with Crippen LogP contribution in [-0.4, -0.2) is 12.9 Å². The van der Waals surface area contributed by atoms with E-state index in [1.807, 2.05) is 18.2 Å². The Kier molecular flexibility index (Phi) is 4.29. The van der Waals surface area contributed by atoms with Gasteiger partial charge in [-0.05, 0) is 71.7 Å². The van der Waals surface area contributed by atoms with Gasteiger partial charge in [0.2, 0.25) is 0 Å². The first-order valence-electron chi connectivity index (χ1n) is 8.57. The number of hydrogen-bond acceptors (Lipinski definition) is 2. The average Bonchev–Trinajstić information content (AvgIpc) is 3.01. The van der Waals surface area contributed by atoms with Crippen LogP contribution in [0.15, 0.2) is 30.3 Å². The molecule has 0 fully saturated rings. The number of carbonyl (C=O) groups is 1. The molecule has 2 aromatic carbocycles. The van der Waals surface area contributed by atoms with Crippen molar-refractivity contribution in [1.29, 1.82) is 0 Å². The van der Waals surface area contributed by atoms with Gasteiger partial charge in [-0.1, -0.05) is 12.1 Å². The maximum Gasteiger partial charge on any atom is 0.169 e. The predicted molar refractivity (Wildman–Crippen MR) is 101 cm³/mol. The van der Waals surface area contributed by atoms with Crippen molar-refractivity contribution in [3.05, 3.63) is 63.7 Å². The number of ketones is 1. The smallest absolute Gasteiger partial charge is 0.169 e. The Morgan fingerprint density at radius 2 is 1.64 bits per heavy atom. The topological polar surface area (TPSA) is 26.3 Å². The Labute approximate surface area is 158 Å². The second kappa shape index (κ2) is 6.34. The summed E-state index contributed by atoms with van der Waals surface area (Å²) in [7, 11) is 1.66. The van der Waals surface area contributed by atoms with Crippen LogP contribution in [0.5, 0.6) is 5.75 Å². The molecule has 0 aliphatic heterocycles. The lowest BCUT2D eigenvalue weighted by Gasteiger charge is -2.33. The summed E-state index contributed by atoms with van der Waals surface area (Å²) in [6.07, 6.45) is 3.41. The summed E-state index contributed by atoms with van der Waals surface area (Å²) in [5.74, 6) is 2.00. The number of aryl methyl sites for hydroxylation is 1. The van der Waals surface area contributed by atoms with Crippen LogP contribution >= 0.6 is 23.2 Å². The van der Waals surface area contributed by atoms with E-state index in [9.17, 15) is 4.79 Å². The van der Waals surface area contributed by atoms with Crippen LogP contribution in [0.25, 0.3) is 0 Å². The molecule has 2 aliphatic carbocycles. The molecule has 0 saturated carbocycles. The number of fused-ring (bicyclic) bond motifs is 2. The van der Waals surface area contributed by atoms with Crippen molar-refractivity contribution in [2.75, 3.05) is 7.11 Å². The van der Waals surface area contributed by atoms with Gasteiger partial charge in [0.15, 0.2) is 5.78 Å². The zero-order chi connectivity index (χ0) is 17.6. The molecule has 130 valence electrons. The lowest BCUT2D eigenvalue weighted by Crippen LogP contribution is -2.36. The molecule has 0 N–H and O–H groups in total. The molecule has 0 amide bonds. The van der Waals surface area contributed by atoms with Gasteiger partial charge in [-0.25, -0.2) is 0 Å². The molecule has 1 spiro atoms. The van der Waals surface area contributed by atoms with Crippen molar-refractivity contribution in [2.24, 2.45) is 5.41 Å². The zero-order valence-electron chi connectivity index (χ0n) is 14.2. The van der Waals surface area contributed by atoms with Crippen LogP contribution in [0.1, 0.15) is 44.6 Å². The van der Waals surface area contributed by atoms with Gasteiger partial charge >= 0.3 is 0 Å². The van der Waals surface area contributed by atoms with E-state index in [1.54, 1.807) is 7.11 Å². The minimum Gasteiger partial charge on any atom is -0.497 e. The normalized spacial score (nSPS) is 17.5. The van der Waals surface area contributed by atoms with Crippen molar-refractivity contribution in [3.63, 3.8) is 0 Å². The quantitative estimate of drug-likeness (QED) is 0.699. The molecule has 0 atom stereocenters. The largest absolute Gasteiger partial charge is 0.497 e. The summed E-state index contributed by atoms with van der Waals surface area (Å²) < 4.78 is 5.30. The number of rotatable bonds is 3. The highest BCUT2D eigenvalue weighted by molar-refractivity contribution is 6.18. The Bertz CT molecular complexity index is 824. The Morgan fingerprint density at radius 1 is 1.00 bits per heavy atom. The van der Waals surface area contributed by atoms with Crippen molar-refractivity contribution < 1.29 is 9.53 Å². The SMILES string of the molecule is COc1ccc2c(c1)CCC1(Cc3cc(CCl)c(CCl)cc3C1)C2=O. The summed E-state index contributed by atoms with van der Waals surface area (Å²) in [4.78, 5) is 13.3. The van der Waals surface area contributed by atoms with Gasteiger partial charge in [0.25, 0.3) is 0 Å². The fourth-order valence-electron chi connectivity index (χ4n) is 4.40. The molecule has 4 heteroatoms. The minimum atomic E-state index is -0.307. The molecular formula is C21H20Cl2O2. The van der Waals surface area contributed by atoms with E-state index >= 15 is 0 Å². The van der Waals surface area contributed by atoms with E-state index in [2.05, 4.69) is 12.1 Å². The van der Waals surface area contributed by atoms with Crippen LogP contribution in [0.3, 0.4) is 0 Å². The molecule has 0 aromatic heterocycles. The third kappa shape index (κ3) is 2.67. The lowest BCUT2D eigenvalue weighted by atomic mass is 9.68. The second-order valence-electron chi connectivity index (χ2n) is 7.14. The van der Waals surface area contributed by atoms with Gasteiger partial charge in [0, 0.05) is 22.7 Å². The molecule has 0 heterocycles. The molecular weight excluding hydrogens is 355 g/mol. The summed E-state index contributed by atoms with van der Waals surface area (Å²) >= 11 is 12.2. The summed E-state index contributed by atoms with van der Waals surface area (Å²) in [6.45, 7) is 0. The van der Waals surface area contributed by atoms with E-state index in [1.165, 1.54) is 11.1 Å². The Balaban J connectivity index is 1.71. The van der Waals surface area contributed by atoms with E-state index in [0.29, 0.717) is 11.8 Å². The average molecular weight is 375 g/mol. The standard InChI is InChI=1S/C21H20Cl2O2/c1-25-18-2-3-19-13(8-18)4-5-21(20(19)24)9-14-6-16(11-22)17(12-23)7-15(14)10-21/h2-3,6-8H,4-5,9-12H2,1H3. The first-order valence-corrected chi connectivity index (χ1v) is 9.64. The summed E-state index contributed by atoms with van der Waals surface area (Å²) in [5, 5.41) is 0. The van der Waals surface area contributed by atoms with Crippen molar-refractivity contribution in [3.8, 4) is 5.75 Å². The highest BCUT2D eigenvalue weighted by atomic mass is 35.5. The number of hydrogen-bond donors (Lipinski definition) is 0. The van der Waals surface area contributed by atoms with E-state index in [0.717, 1.165) is 53.7 Å². The minimum absolute atomic E-state index is 0.271. The first kappa shape index (κ1) is 16.9. The predicted octanol–water partition coefficient (Wildman–Crippen LogP) is 5.09. The number of alkyl halides is 2. The Morgan fingerprint density at radius 3 is 2.20 bits per heavy atom. The molecule has 0 unspecified atom stereocenters. The van der Waals surface area contributed by atoms with E-state index in [-0.39, 0.29) is 11.2 Å². The van der Waals surface area contributed by atoms with Crippen molar-refractivity contribution >= 4 is 29.0 Å². The highest BCUT2D eigenvalue weighted by Crippen LogP contribution is 2.47. The highest BCUT2D eigenvalue weighted by Gasteiger charge is 2.46. The molecule has 25 heavy (non-hydrogen) atoms. The molecule has 4 rings (SSSR count). The van der Waals surface area contributed by atoms with E-state index in [4.69, 9.17) is 27.9 Å². The van der Waals surface area contributed by atoms with E-state index < -0.39 is 0 Å². The van der Waals surface area contributed by atoms with Gasteiger partial charge in [-0.3, -0.25) is 4.79 Å². The van der Waals surface area contributed by atoms with Crippen LogP contribution in [-0.2, 0) is 31.0 Å². The first-order chi connectivity index (χ1) is 12.1. The number of methoxy groups -OCH3 is 1. The van der Waals surface area contributed by atoms with Gasteiger partial charge in [0.1, 0.15) is 5.75 Å².